The monoisotopic (exact) mass is 391 g/mol. The summed E-state index contributed by atoms with van der Waals surface area (Å²) < 4.78 is 10.5. The van der Waals surface area contributed by atoms with Gasteiger partial charge in [-0.3, -0.25) is 4.79 Å². The summed E-state index contributed by atoms with van der Waals surface area (Å²) in [5.41, 5.74) is 2.09. The Labute approximate surface area is 163 Å². The summed E-state index contributed by atoms with van der Waals surface area (Å²) in [7, 11) is 3.10. The fraction of sp³-hybridized carbons (Fsp3) is 0.350. The van der Waals surface area contributed by atoms with Crippen LogP contribution in [-0.4, -0.2) is 31.6 Å². The number of fused-ring (bicyclic) bond motifs is 1. The van der Waals surface area contributed by atoms with Crippen molar-refractivity contribution in [1.82, 2.24) is 4.90 Å². The predicted molar refractivity (Wildman–Crippen MR) is 106 cm³/mol. The fourth-order valence-corrected chi connectivity index (χ4v) is 4.62. The van der Waals surface area contributed by atoms with E-state index < -0.39 is 0 Å². The van der Waals surface area contributed by atoms with Crippen LogP contribution in [0.3, 0.4) is 0 Å². The number of carbonyl (C=O) groups excluding carboxylic acids is 1. The lowest BCUT2D eigenvalue weighted by Crippen LogP contribution is -2.38. The Hall–Kier alpha value is -1.98. The summed E-state index contributed by atoms with van der Waals surface area (Å²) in [5.74, 6) is 1.05. The molecule has 3 rings (SSSR count). The molecule has 138 valence electrons. The topological polar surface area (TPSA) is 38.8 Å². The van der Waals surface area contributed by atoms with Crippen LogP contribution >= 0.6 is 22.9 Å². The van der Waals surface area contributed by atoms with Crippen LogP contribution in [0.15, 0.2) is 29.7 Å². The normalized spacial score (nSPS) is 16.6. The van der Waals surface area contributed by atoms with Gasteiger partial charge in [0.15, 0.2) is 11.5 Å². The Balaban J connectivity index is 1.81. The number of benzene rings is 1. The first-order chi connectivity index (χ1) is 12.6. The SMILES string of the molecule is CCC1c2ccsc2CCN1C(=O)C=Cc1cc(Cl)c(OC)c(OC)c1. The van der Waals surface area contributed by atoms with E-state index in [1.807, 2.05) is 4.90 Å². The van der Waals surface area contributed by atoms with E-state index in [0.717, 1.165) is 24.9 Å². The van der Waals surface area contributed by atoms with Crippen molar-refractivity contribution in [3.8, 4) is 11.5 Å². The van der Waals surface area contributed by atoms with Crippen molar-refractivity contribution < 1.29 is 14.3 Å². The van der Waals surface area contributed by atoms with Gasteiger partial charge in [0, 0.05) is 17.5 Å². The molecule has 1 atom stereocenters. The van der Waals surface area contributed by atoms with Crippen LogP contribution in [0.5, 0.6) is 11.5 Å². The summed E-state index contributed by atoms with van der Waals surface area (Å²) in [6, 6.07) is 5.86. The molecule has 2 heterocycles. The molecule has 0 saturated carbocycles. The van der Waals surface area contributed by atoms with Crippen LogP contribution in [0.25, 0.3) is 6.08 Å². The van der Waals surface area contributed by atoms with Gasteiger partial charge in [-0.1, -0.05) is 18.5 Å². The Kier molecular flexibility index (Phi) is 5.89. The highest BCUT2D eigenvalue weighted by atomic mass is 35.5. The molecular formula is C20H22ClNO3S. The fourth-order valence-electron chi connectivity index (χ4n) is 3.40. The third-order valence-electron chi connectivity index (χ3n) is 4.64. The van der Waals surface area contributed by atoms with E-state index in [1.54, 1.807) is 49.8 Å². The summed E-state index contributed by atoms with van der Waals surface area (Å²) in [4.78, 5) is 16.1. The molecule has 1 aliphatic rings. The maximum absolute atomic E-state index is 12.8. The van der Waals surface area contributed by atoms with Crippen molar-refractivity contribution in [2.24, 2.45) is 0 Å². The number of rotatable bonds is 5. The van der Waals surface area contributed by atoms with E-state index in [0.29, 0.717) is 16.5 Å². The van der Waals surface area contributed by atoms with Crippen molar-refractivity contribution in [1.29, 1.82) is 0 Å². The lowest BCUT2D eigenvalue weighted by molar-refractivity contribution is -0.128. The van der Waals surface area contributed by atoms with E-state index in [1.165, 1.54) is 10.4 Å². The highest BCUT2D eigenvalue weighted by Crippen LogP contribution is 2.37. The third-order valence-corrected chi connectivity index (χ3v) is 5.92. The zero-order chi connectivity index (χ0) is 18.7. The molecular weight excluding hydrogens is 370 g/mol. The number of carbonyl (C=O) groups is 1. The molecule has 0 spiro atoms. The van der Waals surface area contributed by atoms with Gasteiger partial charge in [0.25, 0.3) is 0 Å². The van der Waals surface area contributed by atoms with Crippen molar-refractivity contribution >= 4 is 34.9 Å². The molecule has 0 aliphatic carbocycles. The predicted octanol–water partition coefficient (Wildman–Crippen LogP) is 4.97. The maximum atomic E-state index is 12.8. The van der Waals surface area contributed by atoms with Crippen LogP contribution in [0.4, 0.5) is 0 Å². The van der Waals surface area contributed by atoms with Crippen molar-refractivity contribution in [3.63, 3.8) is 0 Å². The largest absolute Gasteiger partial charge is 0.493 e. The quantitative estimate of drug-likeness (QED) is 0.675. The van der Waals surface area contributed by atoms with Gasteiger partial charge in [-0.15, -0.1) is 11.3 Å². The second kappa shape index (κ2) is 8.14. The lowest BCUT2D eigenvalue weighted by atomic mass is 9.97. The van der Waals surface area contributed by atoms with Gasteiger partial charge in [0.05, 0.1) is 25.3 Å². The van der Waals surface area contributed by atoms with Gasteiger partial charge in [-0.25, -0.2) is 0 Å². The number of thiophene rings is 1. The van der Waals surface area contributed by atoms with Crippen LogP contribution in [-0.2, 0) is 11.2 Å². The summed E-state index contributed by atoms with van der Waals surface area (Å²) in [6.07, 6.45) is 5.21. The number of nitrogens with zero attached hydrogens (tertiary/aromatic N) is 1. The van der Waals surface area contributed by atoms with E-state index in [9.17, 15) is 4.79 Å². The standard InChI is InChI=1S/C20H22ClNO3S/c1-4-16-14-8-10-26-18(14)7-9-22(16)19(23)6-5-13-11-15(21)20(25-3)17(12-13)24-2/h5-6,8,10-12,16H,4,7,9H2,1-3H3. The minimum Gasteiger partial charge on any atom is -0.493 e. The van der Waals surface area contributed by atoms with E-state index in [2.05, 4.69) is 18.4 Å². The molecule has 1 aromatic carbocycles. The average molecular weight is 392 g/mol. The molecule has 1 aromatic heterocycles. The lowest BCUT2D eigenvalue weighted by Gasteiger charge is -2.34. The molecule has 6 heteroatoms. The number of hydrogen-bond donors (Lipinski definition) is 0. The van der Waals surface area contributed by atoms with E-state index in [-0.39, 0.29) is 11.9 Å². The Morgan fingerprint density at radius 3 is 2.88 bits per heavy atom. The molecule has 1 unspecified atom stereocenters. The molecule has 0 radical (unpaired) electrons. The number of ether oxygens (including phenoxy) is 2. The van der Waals surface area contributed by atoms with Gasteiger partial charge < -0.3 is 14.4 Å². The zero-order valence-corrected chi connectivity index (χ0v) is 16.7. The molecule has 2 aromatic rings. The summed E-state index contributed by atoms with van der Waals surface area (Å²) in [5, 5.41) is 2.56. The highest BCUT2D eigenvalue weighted by Gasteiger charge is 2.29. The zero-order valence-electron chi connectivity index (χ0n) is 15.1. The minimum absolute atomic E-state index is 0.0135. The highest BCUT2D eigenvalue weighted by molar-refractivity contribution is 7.10. The number of halogens is 1. The molecule has 0 N–H and O–H groups in total. The first kappa shape index (κ1) is 18.8. The van der Waals surface area contributed by atoms with Gasteiger partial charge in [-0.2, -0.15) is 0 Å². The van der Waals surface area contributed by atoms with Crippen molar-refractivity contribution in [2.75, 3.05) is 20.8 Å². The molecule has 0 saturated heterocycles. The number of hydrogen-bond acceptors (Lipinski definition) is 4. The smallest absolute Gasteiger partial charge is 0.247 e. The Morgan fingerprint density at radius 1 is 1.38 bits per heavy atom. The van der Waals surface area contributed by atoms with Crippen LogP contribution in [0.1, 0.15) is 35.4 Å². The molecule has 1 amide bonds. The minimum atomic E-state index is 0.0135. The number of methoxy groups -OCH3 is 2. The molecule has 0 bridgehead atoms. The van der Waals surface area contributed by atoms with Crippen molar-refractivity contribution in [2.45, 2.75) is 25.8 Å². The average Bonchev–Trinajstić information content (AvgIpc) is 3.13. The van der Waals surface area contributed by atoms with Crippen molar-refractivity contribution in [3.05, 3.63) is 50.7 Å². The summed E-state index contributed by atoms with van der Waals surface area (Å²) >= 11 is 8.01. The molecule has 0 fully saturated rings. The van der Waals surface area contributed by atoms with Crippen LogP contribution in [0.2, 0.25) is 5.02 Å². The molecule has 1 aliphatic heterocycles. The van der Waals surface area contributed by atoms with E-state index >= 15 is 0 Å². The van der Waals surface area contributed by atoms with Crippen LogP contribution in [0, 0.1) is 0 Å². The molecule has 26 heavy (non-hydrogen) atoms. The first-order valence-corrected chi connectivity index (χ1v) is 9.81. The second-order valence-electron chi connectivity index (χ2n) is 6.08. The van der Waals surface area contributed by atoms with Gasteiger partial charge >= 0.3 is 0 Å². The number of amides is 1. The summed E-state index contributed by atoms with van der Waals surface area (Å²) in [6.45, 7) is 2.87. The van der Waals surface area contributed by atoms with Gasteiger partial charge in [-0.05, 0) is 53.6 Å². The molecule has 4 nitrogen and oxygen atoms in total. The Morgan fingerprint density at radius 2 is 2.19 bits per heavy atom. The van der Waals surface area contributed by atoms with Gasteiger partial charge in [0.1, 0.15) is 0 Å². The van der Waals surface area contributed by atoms with Gasteiger partial charge in [0.2, 0.25) is 5.91 Å². The second-order valence-corrected chi connectivity index (χ2v) is 7.48. The Bertz CT molecular complexity index is 830. The van der Waals surface area contributed by atoms with Crippen LogP contribution < -0.4 is 9.47 Å². The maximum Gasteiger partial charge on any atom is 0.247 e. The first-order valence-electron chi connectivity index (χ1n) is 8.55. The van der Waals surface area contributed by atoms with E-state index in [4.69, 9.17) is 21.1 Å². The third kappa shape index (κ3) is 3.60.